The zero-order valence-corrected chi connectivity index (χ0v) is 35.7. The minimum atomic E-state index is -0.585. The van der Waals surface area contributed by atoms with Crippen molar-refractivity contribution in [3.63, 3.8) is 0 Å². The van der Waals surface area contributed by atoms with E-state index in [-0.39, 0.29) is 24.7 Å². The van der Waals surface area contributed by atoms with Crippen LogP contribution in [0.25, 0.3) is 0 Å². The molecule has 0 aromatic heterocycles. The fourth-order valence-corrected chi connectivity index (χ4v) is 10.9. The first-order chi connectivity index (χ1) is 25.4. The van der Waals surface area contributed by atoms with Crippen LogP contribution in [0.5, 0.6) is 5.75 Å². The molecule has 6 rings (SSSR count). The Morgan fingerprint density at radius 2 is 1.04 bits per heavy atom. The van der Waals surface area contributed by atoms with E-state index >= 15 is 0 Å². The molecular weight excluding hydrogens is 890 g/mol. The Kier molecular flexibility index (Phi) is 18.4. The van der Waals surface area contributed by atoms with Crippen molar-refractivity contribution < 1.29 is 34.6 Å². The van der Waals surface area contributed by atoms with Crippen LogP contribution in [0.1, 0.15) is 27.7 Å². The Morgan fingerprint density at radius 1 is 0.673 bits per heavy atom. The number of carbonyl (C=O) groups is 1. The maximum atomic E-state index is 11.6. The average Bonchev–Trinajstić information content (AvgIpc) is 3.50. The van der Waals surface area contributed by atoms with Gasteiger partial charge in [-0.05, 0) is 64.8 Å². The quantitative estimate of drug-likeness (QED) is 0.0516. The molecule has 0 radical (unpaired) electrons. The molecule has 9 heteroatoms. The molecule has 1 aliphatic heterocycles. The van der Waals surface area contributed by atoms with E-state index in [4.69, 9.17) is 14.2 Å². The third-order valence-corrected chi connectivity index (χ3v) is 13.6. The van der Waals surface area contributed by atoms with Crippen molar-refractivity contribution in [1.29, 1.82) is 0 Å². The third-order valence-electron chi connectivity index (χ3n) is 8.43. The number of likely N-dealkylation sites (N-methyl/N-ethyl adjacent to an activating group) is 1. The van der Waals surface area contributed by atoms with Crippen molar-refractivity contribution in [3.05, 3.63) is 152 Å². The second kappa shape index (κ2) is 22.7. The van der Waals surface area contributed by atoms with Crippen LogP contribution < -0.4 is 26.0 Å². The third kappa shape index (κ3) is 13.1. The van der Waals surface area contributed by atoms with Crippen molar-refractivity contribution in [1.82, 2.24) is 4.90 Å². The number of rotatable bonds is 13. The molecule has 0 N–H and O–H groups in total. The number of hydrogen-bond donors (Lipinski definition) is 0. The number of carbonyl (C=O) groups excluding carboxylic acids is 1. The molecule has 0 unspecified atom stereocenters. The SMILES string of the molecule is CC1(C)O[C@H](CP(c2ccccc2)c2ccccc2)[C@@H](CP(c2ccccc2)c2ccccc2)O1.CCN(CC)C(=O)COc1[c-]cccc1.[Pd+][I]. The van der Waals surface area contributed by atoms with E-state index in [2.05, 4.69) is 157 Å². The molecule has 1 amide bonds. The molecule has 1 heterocycles. The number of benzene rings is 5. The standard InChI is InChI=1S/C31H32O2P2.C12H16NO2.HI.Pd/c1-31(2)32-29(23-34(25-15-7-3-8-16-25)26-17-9-4-10-18-26)30(33-31)24-35(27-19-11-5-12-20-27)28-21-13-6-14-22-28;1-3-13(4-2)12(14)10-15-11-8-6-5-7-9-11;;/h3-22,29-30H,23-24H2,1-2H3;5-8H,3-4,10H2,1-2H3;1H;/q;-1;;+2/p-1/t29-,30-;;;/m1.../s1. The predicted molar refractivity (Wildman–Crippen MR) is 224 cm³/mol. The first-order valence-electron chi connectivity index (χ1n) is 17.5. The van der Waals surface area contributed by atoms with Gasteiger partial charge in [0.05, 0.1) is 12.2 Å². The van der Waals surface area contributed by atoms with Crippen molar-refractivity contribution in [2.24, 2.45) is 0 Å². The van der Waals surface area contributed by atoms with Gasteiger partial charge >= 0.3 is 35.1 Å². The number of halogens is 1. The Balaban J connectivity index is 0.000000299. The number of ether oxygens (including phenoxy) is 3. The molecule has 5 aromatic carbocycles. The van der Waals surface area contributed by atoms with Gasteiger partial charge in [-0.3, -0.25) is 4.79 Å². The summed E-state index contributed by atoms with van der Waals surface area (Å²) in [4.78, 5) is 13.3. The molecule has 0 saturated carbocycles. The Labute approximate surface area is 334 Å². The summed E-state index contributed by atoms with van der Waals surface area (Å²) >= 11 is 4.72. The predicted octanol–water partition coefficient (Wildman–Crippen LogP) is 8.39. The van der Waals surface area contributed by atoms with E-state index in [9.17, 15) is 4.79 Å². The van der Waals surface area contributed by atoms with Crippen molar-refractivity contribution in [2.45, 2.75) is 45.7 Å². The van der Waals surface area contributed by atoms with Gasteiger partial charge in [0.25, 0.3) is 5.91 Å². The zero-order chi connectivity index (χ0) is 37.2. The molecule has 276 valence electrons. The summed E-state index contributed by atoms with van der Waals surface area (Å²) in [5, 5.41) is 5.53. The van der Waals surface area contributed by atoms with Gasteiger partial charge < -0.3 is 19.1 Å². The number of amides is 1. The molecule has 2 atom stereocenters. The summed E-state index contributed by atoms with van der Waals surface area (Å²) in [5.41, 5.74) is 0. The molecule has 1 fully saturated rings. The van der Waals surface area contributed by atoms with Gasteiger partial charge in [0.2, 0.25) is 0 Å². The van der Waals surface area contributed by atoms with E-state index in [1.54, 1.807) is 17.0 Å². The molecule has 5 aromatic rings. The summed E-state index contributed by atoms with van der Waals surface area (Å²) < 4.78 is 18.5. The zero-order valence-electron chi connectivity index (χ0n) is 30.2. The van der Waals surface area contributed by atoms with Gasteiger partial charge in [-0.25, -0.2) is 0 Å². The summed E-state index contributed by atoms with van der Waals surface area (Å²) in [6.07, 6.45) is 1.97. The van der Waals surface area contributed by atoms with E-state index in [0.717, 1.165) is 25.4 Å². The fraction of sp³-hybridized carbons (Fsp3) is 0.279. The molecule has 0 spiro atoms. The molecule has 0 bridgehead atoms. The van der Waals surface area contributed by atoms with Gasteiger partial charge in [-0.2, -0.15) is 18.2 Å². The normalized spacial score (nSPS) is 15.9. The first kappa shape index (κ1) is 42.3. The molecule has 1 aliphatic rings. The molecule has 5 nitrogen and oxygen atoms in total. The van der Waals surface area contributed by atoms with E-state index < -0.39 is 21.6 Å². The number of para-hydroxylation sites is 1. The monoisotopic (exact) mass is 937 g/mol. The van der Waals surface area contributed by atoms with Gasteiger partial charge in [0, 0.05) is 31.2 Å². The molecule has 1 saturated heterocycles. The van der Waals surface area contributed by atoms with Crippen LogP contribution in [-0.4, -0.2) is 60.8 Å². The van der Waals surface area contributed by atoms with Crippen LogP contribution in [0.3, 0.4) is 0 Å². The summed E-state index contributed by atoms with van der Waals surface area (Å²) in [6, 6.07) is 53.8. The summed E-state index contributed by atoms with van der Waals surface area (Å²) in [6.45, 7) is 9.55. The Morgan fingerprint density at radius 3 is 1.37 bits per heavy atom. The van der Waals surface area contributed by atoms with Crippen molar-refractivity contribution >= 4 is 62.5 Å². The fourth-order valence-electron chi connectivity index (χ4n) is 6.00. The van der Waals surface area contributed by atoms with Crippen LogP contribution in [0.4, 0.5) is 0 Å². The molecule has 52 heavy (non-hydrogen) atoms. The number of nitrogens with zero attached hydrogens (tertiary/aromatic N) is 1. The van der Waals surface area contributed by atoms with Gasteiger partial charge in [0.15, 0.2) is 12.4 Å². The van der Waals surface area contributed by atoms with Crippen LogP contribution in [-0.2, 0) is 29.9 Å². The van der Waals surface area contributed by atoms with Crippen molar-refractivity contribution in [3.8, 4) is 5.75 Å². The molecular formula is C43H48INO4P2Pd. The van der Waals surface area contributed by atoms with E-state index in [1.807, 2.05) is 45.5 Å². The first-order valence-corrected chi connectivity index (χ1v) is 25.1. The topological polar surface area (TPSA) is 48.0 Å². The van der Waals surface area contributed by atoms with Crippen LogP contribution >= 0.6 is 35.4 Å². The number of hydrogen-bond acceptors (Lipinski definition) is 4. The van der Waals surface area contributed by atoms with Gasteiger partial charge in [-0.1, -0.05) is 121 Å². The second-order valence-corrected chi connectivity index (χ2v) is 16.9. The van der Waals surface area contributed by atoms with Gasteiger partial charge in [0.1, 0.15) is 0 Å². The molecule has 0 aliphatic carbocycles. The van der Waals surface area contributed by atoms with Crippen LogP contribution in [0, 0.1) is 6.07 Å². The van der Waals surface area contributed by atoms with E-state index in [1.165, 1.54) is 21.2 Å². The van der Waals surface area contributed by atoms with Crippen LogP contribution in [0.2, 0.25) is 0 Å². The van der Waals surface area contributed by atoms with Gasteiger partial charge in [-0.15, -0.1) is 12.1 Å². The summed E-state index contributed by atoms with van der Waals surface area (Å²) in [7, 11) is -1.12. The van der Waals surface area contributed by atoms with E-state index in [0.29, 0.717) is 5.75 Å². The average molecular weight is 938 g/mol. The second-order valence-electron chi connectivity index (χ2n) is 12.4. The minimum absolute atomic E-state index is 0.0113. The van der Waals surface area contributed by atoms with Crippen LogP contribution in [0.15, 0.2) is 146 Å². The van der Waals surface area contributed by atoms with Crippen molar-refractivity contribution in [2.75, 3.05) is 32.0 Å². The maximum absolute atomic E-state index is 11.6. The summed E-state index contributed by atoms with van der Waals surface area (Å²) in [5.74, 6) is 0.0354. The Bertz CT molecular complexity index is 1530. The Hall–Kier alpha value is -2.46.